The third kappa shape index (κ3) is 3.11. The van der Waals surface area contributed by atoms with E-state index in [1.54, 1.807) is 36.4 Å². The van der Waals surface area contributed by atoms with Crippen LogP contribution in [0.3, 0.4) is 0 Å². The zero-order chi connectivity index (χ0) is 12.3. The molecule has 2 rings (SSSR count). The maximum absolute atomic E-state index is 13.6. The summed E-state index contributed by atoms with van der Waals surface area (Å²) >= 11 is 11.4. The molecular formula is C13H9Cl2FO. The summed E-state index contributed by atoms with van der Waals surface area (Å²) < 4.78 is 19.0. The third-order valence-corrected chi connectivity index (χ3v) is 2.72. The number of ether oxygens (including phenoxy) is 1. The van der Waals surface area contributed by atoms with Gasteiger partial charge in [-0.25, -0.2) is 4.39 Å². The van der Waals surface area contributed by atoms with Crippen molar-refractivity contribution in [2.24, 2.45) is 0 Å². The molecule has 0 saturated carbocycles. The zero-order valence-electron chi connectivity index (χ0n) is 8.79. The standard InChI is InChI=1S/C13H9Cl2FO/c14-8-9-4-5-13(12(16)6-9)17-11-3-1-2-10(15)7-11/h1-7H,8H2. The van der Waals surface area contributed by atoms with E-state index in [-0.39, 0.29) is 11.6 Å². The van der Waals surface area contributed by atoms with Crippen LogP contribution in [0.5, 0.6) is 11.5 Å². The molecule has 2 aromatic rings. The Labute approximate surface area is 109 Å². The summed E-state index contributed by atoms with van der Waals surface area (Å²) in [7, 11) is 0. The summed E-state index contributed by atoms with van der Waals surface area (Å²) in [5.74, 6) is 0.480. The highest BCUT2D eigenvalue weighted by atomic mass is 35.5. The second-order valence-electron chi connectivity index (χ2n) is 3.46. The topological polar surface area (TPSA) is 9.23 Å². The van der Waals surface area contributed by atoms with E-state index in [0.29, 0.717) is 16.3 Å². The highest BCUT2D eigenvalue weighted by Gasteiger charge is 2.06. The van der Waals surface area contributed by atoms with Crippen LogP contribution in [0.1, 0.15) is 5.56 Å². The van der Waals surface area contributed by atoms with E-state index in [1.807, 2.05) is 0 Å². The highest BCUT2D eigenvalue weighted by Crippen LogP contribution is 2.27. The number of rotatable bonds is 3. The fourth-order valence-electron chi connectivity index (χ4n) is 1.37. The van der Waals surface area contributed by atoms with Crippen LogP contribution in [0, 0.1) is 5.82 Å². The first-order valence-electron chi connectivity index (χ1n) is 4.97. The molecule has 0 heterocycles. The molecule has 0 aliphatic carbocycles. The number of halogens is 3. The minimum Gasteiger partial charge on any atom is -0.454 e. The van der Waals surface area contributed by atoms with Gasteiger partial charge in [-0.3, -0.25) is 0 Å². The summed E-state index contributed by atoms with van der Waals surface area (Å²) in [4.78, 5) is 0. The van der Waals surface area contributed by atoms with Crippen molar-refractivity contribution >= 4 is 23.2 Å². The second kappa shape index (κ2) is 5.39. The maximum atomic E-state index is 13.6. The lowest BCUT2D eigenvalue weighted by atomic mass is 10.2. The lowest BCUT2D eigenvalue weighted by Crippen LogP contribution is -1.89. The number of alkyl halides is 1. The Morgan fingerprint density at radius 3 is 2.59 bits per heavy atom. The van der Waals surface area contributed by atoms with Crippen LogP contribution < -0.4 is 4.74 Å². The summed E-state index contributed by atoms with van der Waals surface area (Å²) in [5.41, 5.74) is 0.711. The molecular weight excluding hydrogens is 262 g/mol. The van der Waals surface area contributed by atoms with Gasteiger partial charge in [0.2, 0.25) is 0 Å². The Bertz CT molecular complexity index is 529. The van der Waals surface area contributed by atoms with E-state index in [2.05, 4.69) is 0 Å². The minimum atomic E-state index is -0.442. The summed E-state index contributed by atoms with van der Waals surface area (Å²) in [6.45, 7) is 0. The number of hydrogen-bond acceptors (Lipinski definition) is 1. The lowest BCUT2D eigenvalue weighted by molar-refractivity contribution is 0.442. The first-order chi connectivity index (χ1) is 8.19. The minimum absolute atomic E-state index is 0.154. The molecule has 0 fully saturated rings. The average molecular weight is 271 g/mol. The first kappa shape index (κ1) is 12.2. The van der Waals surface area contributed by atoms with Crippen molar-refractivity contribution in [3.05, 3.63) is 58.9 Å². The summed E-state index contributed by atoms with van der Waals surface area (Å²) in [6, 6.07) is 11.4. The van der Waals surface area contributed by atoms with Crippen LogP contribution in [0.2, 0.25) is 5.02 Å². The Morgan fingerprint density at radius 1 is 1.12 bits per heavy atom. The van der Waals surface area contributed by atoms with Gasteiger partial charge < -0.3 is 4.74 Å². The Morgan fingerprint density at radius 2 is 1.94 bits per heavy atom. The average Bonchev–Trinajstić information content (AvgIpc) is 2.32. The summed E-state index contributed by atoms with van der Waals surface area (Å²) in [6.07, 6.45) is 0. The van der Waals surface area contributed by atoms with Crippen molar-refractivity contribution in [1.29, 1.82) is 0 Å². The third-order valence-electron chi connectivity index (χ3n) is 2.17. The van der Waals surface area contributed by atoms with Gasteiger partial charge >= 0.3 is 0 Å². The molecule has 0 unspecified atom stereocenters. The molecule has 0 aliphatic heterocycles. The molecule has 1 nitrogen and oxygen atoms in total. The maximum Gasteiger partial charge on any atom is 0.166 e. The highest BCUT2D eigenvalue weighted by molar-refractivity contribution is 6.30. The van der Waals surface area contributed by atoms with Crippen LogP contribution >= 0.6 is 23.2 Å². The molecule has 2 aromatic carbocycles. The molecule has 0 atom stereocenters. The zero-order valence-corrected chi connectivity index (χ0v) is 10.3. The van der Waals surface area contributed by atoms with Gasteiger partial charge in [0.25, 0.3) is 0 Å². The van der Waals surface area contributed by atoms with Crippen LogP contribution in [0.15, 0.2) is 42.5 Å². The van der Waals surface area contributed by atoms with E-state index in [4.69, 9.17) is 27.9 Å². The van der Waals surface area contributed by atoms with Gasteiger partial charge in [-0.2, -0.15) is 0 Å². The van der Waals surface area contributed by atoms with Crippen molar-refractivity contribution in [3.8, 4) is 11.5 Å². The van der Waals surface area contributed by atoms with E-state index in [9.17, 15) is 4.39 Å². The molecule has 0 bridgehead atoms. The van der Waals surface area contributed by atoms with Crippen LogP contribution in [0.25, 0.3) is 0 Å². The number of benzene rings is 2. The largest absolute Gasteiger partial charge is 0.454 e. The van der Waals surface area contributed by atoms with Crippen molar-refractivity contribution < 1.29 is 9.13 Å². The number of hydrogen-bond donors (Lipinski definition) is 0. The van der Waals surface area contributed by atoms with Gasteiger partial charge in [0.05, 0.1) is 0 Å². The van der Waals surface area contributed by atoms with Gasteiger partial charge in [-0.05, 0) is 35.9 Å². The van der Waals surface area contributed by atoms with Crippen LogP contribution in [-0.4, -0.2) is 0 Å². The van der Waals surface area contributed by atoms with Gasteiger partial charge in [-0.15, -0.1) is 11.6 Å². The van der Waals surface area contributed by atoms with Gasteiger partial charge in [0.1, 0.15) is 5.75 Å². The van der Waals surface area contributed by atoms with Gasteiger partial charge in [0.15, 0.2) is 11.6 Å². The van der Waals surface area contributed by atoms with E-state index >= 15 is 0 Å². The van der Waals surface area contributed by atoms with Crippen LogP contribution in [-0.2, 0) is 5.88 Å². The molecule has 17 heavy (non-hydrogen) atoms. The Kier molecular flexibility index (Phi) is 3.87. The Hall–Kier alpha value is -1.25. The predicted molar refractivity (Wildman–Crippen MR) is 67.5 cm³/mol. The first-order valence-corrected chi connectivity index (χ1v) is 5.88. The lowest BCUT2D eigenvalue weighted by Gasteiger charge is -2.07. The van der Waals surface area contributed by atoms with E-state index in [0.717, 1.165) is 0 Å². The molecule has 0 aromatic heterocycles. The quantitative estimate of drug-likeness (QED) is 0.713. The molecule has 4 heteroatoms. The van der Waals surface area contributed by atoms with Crippen molar-refractivity contribution in [2.45, 2.75) is 5.88 Å². The monoisotopic (exact) mass is 270 g/mol. The fraction of sp³-hybridized carbons (Fsp3) is 0.0769. The summed E-state index contributed by atoms with van der Waals surface area (Å²) in [5, 5.41) is 0.542. The molecule has 0 N–H and O–H groups in total. The molecule has 0 radical (unpaired) electrons. The molecule has 0 spiro atoms. The van der Waals surface area contributed by atoms with Crippen molar-refractivity contribution in [1.82, 2.24) is 0 Å². The van der Waals surface area contributed by atoms with Crippen molar-refractivity contribution in [3.63, 3.8) is 0 Å². The van der Waals surface area contributed by atoms with Gasteiger partial charge in [-0.1, -0.05) is 23.7 Å². The molecule has 88 valence electrons. The van der Waals surface area contributed by atoms with E-state index < -0.39 is 5.82 Å². The Balaban J connectivity index is 2.24. The fourth-order valence-corrected chi connectivity index (χ4v) is 1.71. The molecule has 0 saturated heterocycles. The molecule has 0 aliphatic rings. The molecule has 0 amide bonds. The predicted octanol–water partition coefficient (Wildman–Crippen LogP) is 5.01. The second-order valence-corrected chi connectivity index (χ2v) is 4.16. The smallest absolute Gasteiger partial charge is 0.166 e. The van der Waals surface area contributed by atoms with Gasteiger partial charge in [0, 0.05) is 10.9 Å². The van der Waals surface area contributed by atoms with E-state index in [1.165, 1.54) is 6.07 Å². The normalized spacial score (nSPS) is 10.3. The van der Waals surface area contributed by atoms with Crippen LogP contribution in [0.4, 0.5) is 4.39 Å². The van der Waals surface area contributed by atoms with Crippen molar-refractivity contribution in [2.75, 3.05) is 0 Å². The SMILES string of the molecule is Fc1cc(CCl)ccc1Oc1cccc(Cl)c1.